The maximum absolute atomic E-state index is 13.3. The molecule has 1 N–H and O–H groups in total. The third-order valence-electron chi connectivity index (χ3n) is 5.43. The van der Waals surface area contributed by atoms with E-state index in [4.69, 9.17) is 11.6 Å². The molecule has 0 aliphatic rings. The summed E-state index contributed by atoms with van der Waals surface area (Å²) in [6, 6.07) is 21.2. The van der Waals surface area contributed by atoms with Crippen LogP contribution in [-0.4, -0.2) is 31.4 Å². The monoisotopic (exact) mass is 511 g/mol. The van der Waals surface area contributed by atoms with Gasteiger partial charge in [-0.1, -0.05) is 86.5 Å². The van der Waals surface area contributed by atoms with Crippen molar-refractivity contribution in [1.29, 1.82) is 0 Å². The Kier molecular flexibility index (Phi) is 8.48. The zero-order valence-corrected chi connectivity index (χ0v) is 21.9. The maximum Gasteiger partial charge on any atom is 0.255 e. The number of aryl methyl sites for hydroxylation is 1. The van der Waals surface area contributed by atoms with E-state index in [1.807, 2.05) is 31.2 Å². The highest BCUT2D eigenvalue weighted by molar-refractivity contribution is 7.89. The molecular formula is C27H30ClN3O3S. The molecule has 0 atom stereocenters. The zero-order chi connectivity index (χ0) is 25.6. The van der Waals surface area contributed by atoms with Gasteiger partial charge < -0.3 is 0 Å². The number of sulfonamides is 1. The van der Waals surface area contributed by atoms with E-state index in [-0.39, 0.29) is 23.4 Å². The minimum atomic E-state index is -3.93. The molecule has 0 aromatic heterocycles. The summed E-state index contributed by atoms with van der Waals surface area (Å²) in [6.45, 7) is 7.91. The summed E-state index contributed by atoms with van der Waals surface area (Å²) in [5, 5.41) is 4.55. The second-order valence-electron chi connectivity index (χ2n) is 9.38. The first-order valence-electron chi connectivity index (χ1n) is 11.2. The van der Waals surface area contributed by atoms with Crippen molar-refractivity contribution in [3.8, 4) is 0 Å². The molecule has 3 aromatic rings. The van der Waals surface area contributed by atoms with E-state index in [0.29, 0.717) is 10.6 Å². The van der Waals surface area contributed by atoms with Crippen LogP contribution in [-0.2, 0) is 26.8 Å². The molecule has 184 valence electrons. The molecule has 0 heterocycles. The van der Waals surface area contributed by atoms with Gasteiger partial charge in [0.15, 0.2) is 0 Å². The minimum absolute atomic E-state index is 0.0127. The molecule has 6 nitrogen and oxygen atoms in total. The van der Waals surface area contributed by atoms with E-state index in [9.17, 15) is 13.2 Å². The number of hydrazone groups is 1. The highest BCUT2D eigenvalue weighted by Gasteiger charge is 2.27. The number of carbonyl (C=O) groups is 1. The molecule has 0 bridgehead atoms. The second kappa shape index (κ2) is 11.2. The first kappa shape index (κ1) is 26.6. The predicted octanol–water partition coefficient (Wildman–Crippen LogP) is 5.29. The van der Waals surface area contributed by atoms with Crippen molar-refractivity contribution in [3.05, 3.63) is 100 Å². The molecule has 0 aliphatic heterocycles. The number of halogens is 1. The Balaban J connectivity index is 1.75. The average Bonchev–Trinajstić information content (AvgIpc) is 2.80. The molecule has 0 fully saturated rings. The lowest BCUT2D eigenvalue weighted by Crippen LogP contribution is -2.39. The van der Waals surface area contributed by atoms with Gasteiger partial charge in [0.05, 0.1) is 17.7 Å². The third-order valence-corrected chi connectivity index (χ3v) is 7.49. The van der Waals surface area contributed by atoms with E-state index in [2.05, 4.69) is 31.3 Å². The minimum Gasteiger partial charge on any atom is -0.272 e. The van der Waals surface area contributed by atoms with Gasteiger partial charge in [0, 0.05) is 11.6 Å². The summed E-state index contributed by atoms with van der Waals surface area (Å²) < 4.78 is 27.8. The van der Waals surface area contributed by atoms with Gasteiger partial charge in [-0.25, -0.2) is 13.8 Å². The number of nitrogens with one attached hydrogen (secondary N) is 1. The highest BCUT2D eigenvalue weighted by atomic mass is 35.5. The van der Waals surface area contributed by atoms with Crippen LogP contribution in [0.4, 0.5) is 0 Å². The normalized spacial score (nSPS) is 12.3. The fourth-order valence-corrected chi connectivity index (χ4v) is 4.83. The van der Waals surface area contributed by atoms with Crippen molar-refractivity contribution in [2.45, 2.75) is 44.6 Å². The van der Waals surface area contributed by atoms with E-state index >= 15 is 0 Å². The van der Waals surface area contributed by atoms with Crippen LogP contribution in [0.15, 0.2) is 82.8 Å². The molecule has 3 rings (SSSR count). The lowest BCUT2D eigenvalue weighted by atomic mass is 9.87. The number of hydrogen-bond acceptors (Lipinski definition) is 4. The fraction of sp³-hybridized carbons (Fsp3) is 0.259. The van der Waals surface area contributed by atoms with Gasteiger partial charge in [-0.05, 0) is 53.3 Å². The molecule has 0 aliphatic carbocycles. The van der Waals surface area contributed by atoms with Gasteiger partial charge >= 0.3 is 0 Å². The predicted molar refractivity (Wildman–Crippen MR) is 141 cm³/mol. The Hall–Kier alpha value is -3.00. The molecule has 0 radical (unpaired) electrons. The number of hydrogen-bond donors (Lipinski definition) is 1. The van der Waals surface area contributed by atoms with Crippen LogP contribution in [0, 0.1) is 6.92 Å². The summed E-state index contributed by atoms with van der Waals surface area (Å²) in [5.41, 5.74) is 6.14. The molecule has 8 heteroatoms. The number of amides is 1. The standard InChI is InChI=1S/C27H30ClN3O3S/c1-20-5-15-25(16-6-20)35(33,34)31(18-22-9-13-24(28)14-10-22)19-26(32)30-29-17-21-7-11-23(12-8-21)27(2,3)4/h5-17H,18-19H2,1-4H3,(H,30,32). The van der Waals surface area contributed by atoms with Crippen molar-refractivity contribution in [2.75, 3.05) is 6.54 Å². The Morgan fingerprint density at radius 2 is 1.57 bits per heavy atom. The van der Waals surface area contributed by atoms with Crippen molar-refractivity contribution < 1.29 is 13.2 Å². The van der Waals surface area contributed by atoms with Gasteiger partial charge in [-0.2, -0.15) is 9.41 Å². The smallest absolute Gasteiger partial charge is 0.255 e. The van der Waals surface area contributed by atoms with Crippen molar-refractivity contribution >= 4 is 33.7 Å². The summed E-state index contributed by atoms with van der Waals surface area (Å²) in [5.74, 6) is -0.544. The van der Waals surface area contributed by atoms with E-state index < -0.39 is 15.9 Å². The van der Waals surface area contributed by atoms with Crippen LogP contribution in [0.2, 0.25) is 5.02 Å². The third kappa shape index (κ3) is 7.49. The van der Waals surface area contributed by atoms with Gasteiger partial charge in [0.2, 0.25) is 10.0 Å². The van der Waals surface area contributed by atoms with Gasteiger partial charge in [0.25, 0.3) is 5.91 Å². The summed E-state index contributed by atoms with van der Waals surface area (Å²) in [4.78, 5) is 12.8. The quantitative estimate of drug-likeness (QED) is 0.330. The molecule has 0 saturated heterocycles. The van der Waals surface area contributed by atoms with Crippen LogP contribution in [0.3, 0.4) is 0 Å². The maximum atomic E-state index is 13.3. The molecule has 1 amide bonds. The summed E-state index contributed by atoms with van der Waals surface area (Å²) >= 11 is 5.96. The summed E-state index contributed by atoms with van der Waals surface area (Å²) in [7, 11) is -3.93. The molecule has 0 unspecified atom stereocenters. The SMILES string of the molecule is Cc1ccc(S(=O)(=O)N(CC(=O)NN=Cc2ccc(C(C)(C)C)cc2)Cc2ccc(Cl)cc2)cc1. The zero-order valence-electron chi connectivity index (χ0n) is 20.3. The largest absolute Gasteiger partial charge is 0.272 e. The van der Waals surface area contributed by atoms with Gasteiger partial charge in [-0.15, -0.1) is 0 Å². The van der Waals surface area contributed by atoms with Crippen molar-refractivity contribution in [3.63, 3.8) is 0 Å². The van der Waals surface area contributed by atoms with Crippen LogP contribution >= 0.6 is 11.6 Å². The van der Waals surface area contributed by atoms with Gasteiger partial charge in [-0.3, -0.25) is 4.79 Å². The van der Waals surface area contributed by atoms with Crippen molar-refractivity contribution in [2.24, 2.45) is 5.10 Å². The molecular weight excluding hydrogens is 482 g/mol. The highest BCUT2D eigenvalue weighted by Crippen LogP contribution is 2.22. The van der Waals surface area contributed by atoms with E-state index in [0.717, 1.165) is 15.4 Å². The second-order valence-corrected chi connectivity index (χ2v) is 11.8. The molecule has 0 saturated carbocycles. The molecule has 35 heavy (non-hydrogen) atoms. The number of benzene rings is 3. The van der Waals surface area contributed by atoms with E-state index in [1.165, 1.54) is 23.9 Å². The van der Waals surface area contributed by atoms with Gasteiger partial charge in [0.1, 0.15) is 0 Å². The molecule has 3 aromatic carbocycles. The van der Waals surface area contributed by atoms with E-state index in [1.54, 1.807) is 36.4 Å². The first-order valence-corrected chi connectivity index (χ1v) is 13.0. The lowest BCUT2D eigenvalue weighted by Gasteiger charge is -2.21. The number of nitrogens with zero attached hydrogens (tertiary/aromatic N) is 2. The average molecular weight is 512 g/mol. The van der Waals surface area contributed by atoms with Crippen LogP contribution in [0.5, 0.6) is 0 Å². The lowest BCUT2D eigenvalue weighted by molar-refractivity contribution is -0.121. The summed E-state index contributed by atoms with van der Waals surface area (Å²) in [6.07, 6.45) is 1.53. The number of rotatable bonds is 8. The Morgan fingerprint density at radius 3 is 2.14 bits per heavy atom. The van der Waals surface area contributed by atoms with Crippen LogP contribution in [0.1, 0.15) is 43.0 Å². The molecule has 0 spiro atoms. The topological polar surface area (TPSA) is 78.8 Å². The number of carbonyl (C=O) groups excluding carboxylic acids is 1. The Labute approximate surface area is 212 Å². The Bertz CT molecular complexity index is 1280. The van der Waals surface area contributed by atoms with Crippen LogP contribution < -0.4 is 5.43 Å². The Morgan fingerprint density at radius 1 is 0.971 bits per heavy atom. The van der Waals surface area contributed by atoms with Crippen LogP contribution in [0.25, 0.3) is 0 Å². The van der Waals surface area contributed by atoms with Crippen molar-refractivity contribution in [1.82, 2.24) is 9.73 Å². The first-order chi connectivity index (χ1) is 16.4. The fourth-order valence-electron chi connectivity index (χ4n) is 3.32.